The third kappa shape index (κ3) is 6.93. The van der Waals surface area contributed by atoms with E-state index in [1.165, 1.54) is 18.5 Å². The zero-order valence-corrected chi connectivity index (χ0v) is 23.4. The van der Waals surface area contributed by atoms with Crippen LogP contribution in [0.1, 0.15) is 46.0 Å². The van der Waals surface area contributed by atoms with Gasteiger partial charge >= 0.3 is 0 Å². The highest BCUT2D eigenvalue weighted by molar-refractivity contribution is 6.42. The van der Waals surface area contributed by atoms with Crippen molar-refractivity contribution in [3.63, 3.8) is 0 Å². The standard InChI is InChI=1S/C31H32Cl2N4O2/c32-28-11-10-26(19-29(28)33)31(38)37-16-14-35(15-17-37)21-30(39-22-24-8-6-23(20-34)7-9-24)25-4-3-5-27(18-25)36-12-1-2-13-36/h3-11,18-19,30H,1-2,12-17,21-22H2. The van der Waals surface area contributed by atoms with Crippen molar-refractivity contribution in [2.24, 2.45) is 0 Å². The normalized spacial score (nSPS) is 16.7. The third-order valence-electron chi connectivity index (χ3n) is 7.50. The second-order valence-electron chi connectivity index (χ2n) is 10.1. The molecule has 202 valence electrons. The van der Waals surface area contributed by atoms with Crippen LogP contribution in [0.3, 0.4) is 0 Å². The number of benzene rings is 3. The van der Waals surface area contributed by atoms with Crippen LogP contribution in [-0.2, 0) is 11.3 Å². The minimum absolute atomic E-state index is 0.0276. The molecule has 1 atom stereocenters. The first-order chi connectivity index (χ1) is 19.0. The van der Waals surface area contributed by atoms with Gasteiger partial charge in [0.05, 0.1) is 34.4 Å². The van der Waals surface area contributed by atoms with E-state index < -0.39 is 0 Å². The summed E-state index contributed by atoms with van der Waals surface area (Å²) in [6.45, 7) is 6.16. The summed E-state index contributed by atoms with van der Waals surface area (Å²) in [7, 11) is 0. The Kier molecular flexibility index (Phi) is 9.06. The number of nitrogens with zero attached hydrogens (tertiary/aromatic N) is 4. The number of halogens is 2. The SMILES string of the molecule is N#Cc1ccc(COC(CN2CCN(C(=O)c3ccc(Cl)c(Cl)c3)CC2)c2cccc(N3CCCC3)c2)cc1. The van der Waals surface area contributed by atoms with Crippen LogP contribution in [0.15, 0.2) is 66.7 Å². The Balaban J connectivity index is 1.26. The molecule has 0 aliphatic carbocycles. The van der Waals surface area contributed by atoms with Gasteiger partial charge in [0.1, 0.15) is 0 Å². The van der Waals surface area contributed by atoms with Crippen molar-refractivity contribution in [1.29, 1.82) is 5.26 Å². The second kappa shape index (κ2) is 12.8. The Labute approximate surface area is 240 Å². The van der Waals surface area contributed by atoms with Gasteiger partial charge in [0.25, 0.3) is 5.91 Å². The van der Waals surface area contributed by atoms with Gasteiger partial charge in [0.15, 0.2) is 0 Å². The third-order valence-corrected chi connectivity index (χ3v) is 8.24. The minimum atomic E-state index is -0.125. The molecule has 39 heavy (non-hydrogen) atoms. The highest BCUT2D eigenvalue weighted by atomic mass is 35.5. The fraction of sp³-hybridized carbons (Fsp3) is 0.355. The maximum absolute atomic E-state index is 13.0. The highest BCUT2D eigenvalue weighted by Crippen LogP contribution is 2.28. The Morgan fingerprint density at radius 1 is 0.897 bits per heavy atom. The van der Waals surface area contributed by atoms with Gasteiger partial charge in [0.2, 0.25) is 0 Å². The van der Waals surface area contributed by atoms with Crippen LogP contribution in [0, 0.1) is 11.3 Å². The van der Waals surface area contributed by atoms with Crippen LogP contribution in [0.4, 0.5) is 5.69 Å². The largest absolute Gasteiger partial charge is 0.372 e. The fourth-order valence-electron chi connectivity index (χ4n) is 5.20. The number of hydrogen-bond acceptors (Lipinski definition) is 5. The number of nitriles is 1. The molecule has 0 spiro atoms. The summed E-state index contributed by atoms with van der Waals surface area (Å²) in [5, 5.41) is 9.94. The molecule has 1 amide bonds. The lowest BCUT2D eigenvalue weighted by molar-refractivity contribution is 0.00344. The van der Waals surface area contributed by atoms with Crippen LogP contribution in [0.2, 0.25) is 10.0 Å². The molecule has 2 aliphatic rings. The van der Waals surface area contributed by atoms with Crippen molar-refractivity contribution in [2.45, 2.75) is 25.6 Å². The summed E-state index contributed by atoms with van der Waals surface area (Å²) in [5.74, 6) is -0.0276. The van der Waals surface area contributed by atoms with Gasteiger partial charge in [-0.15, -0.1) is 0 Å². The molecule has 2 heterocycles. The number of carbonyl (C=O) groups is 1. The van der Waals surface area contributed by atoms with Gasteiger partial charge in [-0.2, -0.15) is 5.26 Å². The minimum Gasteiger partial charge on any atom is -0.372 e. The van der Waals surface area contributed by atoms with Gasteiger partial charge in [-0.25, -0.2) is 0 Å². The number of amides is 1. The van der Waals surface area contributed by atoms with E-state index in [0.29, 0.717) is 40.9 Å². The Hall–Kier alpha value is -3.08. The van der Waals surface area contributed by atoms with Crippen LogP contribution >= 0.6 is 23.2 Å². The van der Waals surface area contributed by atoms with Gasteiger partial charge < -0.3 is 14.5 Å². The molecule has 2 aliphatic heterocycles. The zero-order valence-electron chi connectivity index (χ0n) is 21.9. The molecule has 6 nitrogen and oxygen atoms in total. The average molecular weight is 564 g/mol. The van der Waals surface area contributed by atoms with Gasteiger partial charge in [-0.1, -0.05) is 47.5 Å². The van der Waals surface area contributed by atoms with E-state index in [9.17, 15) is 4.79 Å². The number of hydrogen-bond donors (Lipinski definition) is 0. The summed E-state index contributed by atoms with van der Waals surface area (Å²) in [4.78, 5) is 19.7. The van der Waals surface area contributed by atoms with Gasteiger partial charge in [0, 0.05) is 57.1 Å². The summed E-state index contributed by atoms with van der Waals surface area (Å²) >= 11 is 12.2. The molecule has 8 heteroatoms. The van der Waals surface area contributed by atoms with Crippen LogP contribution in [-0.4, -0.2) is 61.5 Å². The van der Waals surface area contributed by atoms with Crippen molar-refractivity contribution in [3.8, 4) is 6.07 Å². The van der Waals surface area contributed by atoms with Crippen molar-refractivity contribution in [2.75, 3.05) is 50.7 Å². The van der Waals surface area contributed by atoms with Gasteiger partial charge in [-0.3, -0.25) is 9.69 Å². The number of ether oxygens (including phenoxy) is 1. The second-order valence-corrected chi connectivity index (χ2v) is 10.9. The molecule has 0 N–H and O–H groups in total. The van der Waals surface area contributed by atoms with Crippen LogP contribution in [0.5, 0.6) is 0 Å². The highest BCUT2D eigenvalue weighted by Gasteiger charge is 2.26. The molecule has 1 unspecified atom stereocenters. The average Bonchev–Trinajstić information content (AvgIpc) is 3.52. The van der Waals surface area contributed by atoms with Crippen molar-refractivity contribution >= 4 is 34.8 Å². The molecular formula is C31H32Cl2N4O2. The Morgan fingerprint density at radius 3 is 2.33 bits per heavy atom. The van der Waals surface area contributed by atoms with Crippen molar-refractivity contribution < 1.29 is 9.53 Å². The predicted octanol–water partition coefficient (Wildman–Crippen LogP) is 6.18. The predicted molar refractivity (Wildman–Crippen MR) is 155 cm³/mol. The monoisotopic (exact) mass is 562 g/mol. The molecular weight excluding hydrogens is 531 g/mol. The lowest BCUT2D eigenvalue weighted by atomic mass is 10.1. The molecule has 3 aromatic carbocycles. The number of anilines is 1. The van der Waals surface area contributed by atoms with Crippen LogP contribution in [0.25, 0.3) is 0 Å². The first-order valence-corrected chi connectivity index (χ1v) is 14.2. The maximum Gasteiger partial charge on any atom is 0.253 e. The van der Waals surface area contributed by atoms with E-state index in [4.69, 9.17) is 33.2 Å². The fourth-order valence-corrected chi connectivity index (χ4v) is 5.50. The lowest BCUT2D eigenvalue weighted by Gasteiger charge is -2.36. The smallest absolute Gasteiger partial charge is 0.253 e. The van der Waals surface area contributed by atoms with E-state index in [1.54, 1.807) is 18.2 Å². The molecule has 0 saturated carbocycles. The topological polar surface area (TPSA) is 59.8 Å². The maximum atomic E-state index is 13.0. The Bertz CT molecular complexity index is 1330. The molecule has 0 bridgehead atoms. The summed E-state index contributed by atoms with van der Waals surface area (Å²) in [6, 6.07) is 23.5. The number of piperazine rings is 1. The van der Waals surface area contributed by atoms with Crippen LogP contribution < -0.4 is 4.90 Å². The molecule has 0 radical (unpaired) electrons. The zero-order chi connectivity index (χ0) is 27.2. The number of rotatable bonds is 8. The number of carbonyl (C=O) groups excluding carboxylic acids is 1. The van der Waals surface area contributed by atoms with E-state index in [1.807, 2.05) is 29.2 Å². The summed E-state index contributed by atoms with van der Waals surface area (Å²) in [6.07, 6.45) is 2.34. The van der Waals surface area contributed by atoms with Crippen molar-refractivity contribution in [1.82, 2.24) is 9.80 Å². The van der Waals surface area contributed by atoms with Gasteiger partial charge in [-0.05, 0) is 66.4 Å². The van der Waals surface area contributed by atoms with E-state index >= 15 is 0 Å². The Morgan fingerprint density at radius 2 is 1.64 bits per heavy atom. The first-order valence-electron chi connectivity index (χ1n) is 13.4. The van der Waals surface area contributed by atoms with E-state index in [-0.39, 0.29) is 12.0 Å². The van der Waals surface area contributed by atoms with E-state index in [2.05, 4.69) is 40.1 Å². The first kappa shape index (κ1) is 27.5. The lowest BCUT2D eigenvalue weighted by Crippen LogP contribution is -2.49. The summed E-state index contributed by atoms with van der Waals surface area (Å²) < 4.78 is 6.53. The molecule has 2 fully saturated rings. The molecule has 0 aromatic heterocycles. The van der Waals surface area contributed by atoms with E-state index in [0.717, 1.165) is 43.9 Å². The molecule has 5 rings (SSSR count). The summed E-state index contributed by atoms with van der Waals surface area (Å²) in [5.41, 5.74) is 4.63. The molecule has 2 saturated heterocycles. The molecule has 3 aromatic rings. The quantitative estimate of drug-likeness (QED) is 0.328. The van der Waals surface area contributed by atoms with Crippen molar-refractivity contribution in [3.05, 3.63) is 99.0 Å².